The smallest absolute Gasteiger partial charge is 0.342 e. The first kappa shape index (κ1) is 16.0. The van der Waals surface area contributed by atoms with E-state index in [0.717, 1.165) is 0 Å². The number of hydrogen-bond acceptors (Lipinski definition) is 4. The van der Waals surface area contributed by atoms with Crippen LogP contribution in [0, 0.1) is 0 Å². The SMILES string of the molecule is C=CCNC(=O)[C@H](C)OC(=O)c1cc(Cl)ccc1OC. The minimum atomic E-state index is -0.925. The van der Waals surface area contributed by atoms with Gasteiger partial charge in [-0.05, 0) is 25.1 Å². The monoisotopic (exact) mass is 297 g/mol. The summed E-state index contributed by atoms with van der Waals surface area (Å²) in [4.78, 5) is 23.6. The molecular formula is C14H16ClNO4. The van der Waals surface area contributed by atoms with Crippen molar-refractivity contribution in [2.45, 2.75) is 13.0 Å². The van der Waals surface area contributed by atoms with E-state index in [1.807, 2.05) is 0 Å². The Balaban J connectivity index is 2.78. The van der Waals surface area contributed by atoms with Gasteiger partial charge < -0.3 is 14.8 Å². The highest BCUT2D eigenvalue weighted by Gasteiger charge is 2.21. The van der Waals surface area contributed by atoms with E-state index in [-0.39, 0.29) is 5.56 Å². The predicted molar refractivity (Wildman–Crippen MR) is 76.1 cm³/mol. The summed E-state index contributed by atoms with van der Waals surface area (Å²) in [5, 5.41) is 2.91. The van der Waals surface area contributed by atoms with Gasteiger partial charge in [0.05, 0.1) is 7.11 Å². The molecular weight excluding hydrogens is 282 g/mol. The van der Waals surface area contributed by atoms with Crippen LogP contribution < -0.4 is 10.1 Å². The van der Waals surface area contributed by atoms with Crippen molar-refractivity contribution >= 4 is 23.5 Å². The normalized spacial score (nSPS) is 11.3. The molecule has 20 heavy (non-hydrogen) atoms. The largest absolute Gasteiger partial charge is 0.496 e. The molecule has 108 valence electrons. The lowest BCUT2D eigenvalue weighted by molar-refractivity contribution is -0.128. The Kier molecular flexibility index (Phi) is 6.06. The van der Waals surface area contributed by atoms with E-state index < -0.39 is 18.0 Å². The van der Waals surface area contributed by atoms with E-state index in [1.54, 1.807) is 12.1 Å². The maximum absolute atomic E-state index is 12.0. The molecule has 1 rings (SSSR count). The second-order valence-electron chi connectivity index (χ2n) is 3.93. The van der Waals surface area contributed by atoms with Crippen LogP contribution in [0.2, 0.25) is 5.02 Å². The van der Waals surface area contributed by atoms with E-state index in [0.29, 0.717) is 17.3 Å². The quantitative estimate of drug-likeness (QED) is 0.646. The van der Waals surface area contributed by atoms with Gasteiger partial charge in [0.2, 0.25) is 0 Å². The standard InChI is InChI=1S/C14H16ClNO4/c1-4-7-16-13(17)9(2)20-14(18)11-8-10(15)5-6-12(11)19-3/h4-6,8-9H,1,7H2,2-3H3,(H,16,17)/t9-/m0/s1. The molecule has 1 N–H and O–H groups in total. The van der Waals surface area contributed by atoms with Gasteiger partial charge in [-0.25, -0.2) is 4.79 Å². The number of rotatable bonds is 6. The van der Waals surface area contributed by atoms with Crippen LogP contribution in [0.25, 0.3) is 0 Å². The van der Waals surface area contributed by atoms with Crippen LogP contribution in [-0.4, -0.2) is 31.6 Å². The lowest BCUT2D eigenvalue weighted by Gasteiger charge is -2.14. The Morgan fingerprint density at radius 1 is 1.50 bits per heavy atom. The molecule has 5 nitrogen and oxygen atoms in total. The number of methoxy groups -OCH3 is 1. The van der Waals surface area contributed by atoms with E-state index in [9.17, 15) is 9.59 Å². The van der Waals surface area contributed by atoms with Gasteiger partial charge in [0.15, 0.2) is 6.10 Å². The number of esters is 1. The average molecular weight is 298 g/mol. The van der Waals surface area contributed by atoms with Crippen LogP contribution in [0.5, 0.6) is 5.75 Å². The molecule has 1 aromatic carbocycles. The third-order valence-corrected chi connectivity index (χ3v) is 2.69. The fraction of sp³-hybridized carbons (Fsp3) is 0.286. The summed E-state index contributed by atoms with van der Waals surface area (Å²) in [6.45, 7) is 5.27. The van der Waals surface area contributed by atoms with E-state index in [2.05, 4.69) is 11.9 Å². The molecule has 0 aliphatic rings. The maximum atomic E-state index is 12.0. The number of hydrogen-bond donors (Lipinski definition) is 1. The van der Waals surface area contributed by atoms with E-state index in [1.165, 1.54) is 26.2 Å². The molecule has 0 saturated heterocycles. The number of carbonyl (C=O) groups is 2. The van der Waals surface area contributed by atoms with Crippen molar-refractivity contribution in [1.82, 2.24) is 5.32 Å². The molecule has 1 atom stereocenters. The molecule has 0 radical (unpaired) electrons. The van der Waals surface area contributed by atoms with Gasteiger partial charge in [0.1, 0.15) is 11.3 Å². The van der Waals surface area contributed by atoms with Gasteiger partial charge >= 0.3 is 5.97 Å². The lowest BCUT2D eigenvalue weighted by atomic mass is 10.2. The van der Waals surface area contributed by atoms with Gasteiger partial charge in [-0.1, -0.05) is 17.7 Å². The summed E-state index contributed by atoms with van der Waals surface area (Å²) in [6.07, 6.45) is 0.609. The molecule has 0 spiro atoms. The molecule has 0 saturated carbocycles. The third-order valence-electron chi connectivity index (χ3n) is 2.46. The first-order chi connectivity index (χ1) is 9.49. The number of ether oxygens (including phenoxy) is 2. The first-order valence-electron chi connectivity index (χ1n) is 5.92. The zero-order chi connectivity index (χ0) is 15.1. The number of nitrogens with one attached hydrogen (secondary N) is 1. The molecule has 0 aliphatic carbocycles. The molecule has 0 unspecified atom stereocenters. The zero-order valence-corrected chi connectivity index (χ0v) is 12.1. The maximum Gasteiger partial charge on any atom is 0.342 e. The molecule has 0 aromatic heterocycles. The number of carbonyl (C=O) groups excluding carboxylic acids is 2. The number of benzene rings is 1. The van der Waals surface area contributed by atoms with Crippen molar-refractivity contribution in [3.63, 3.8) is 0 Å². The molecule has 0 heterocycles. The summed E-state index contributed by atoms with van der Waals surface area (Å²) in [6, 6.07) is 4.58. The zero-order valence-electron chi connectivity index (χ0n) is 11.3. The third kappa shape index (κ3) is 4.28. The van der Waals surface area contributed by atoms with Crippen LogP contribution in [0.3, 0.4) is 0 Å². The van der Waals surface area contributed by atoms with Crippen molar-refractivity contribution in [2.24, 2.45) is 0 Å². The van der Waals surface area contributed by atoms with Crippen molar-refractivity contribution in [3.8, 4) is 5.75 Å². The van der Waals surface area contributed by atoms with Gasteiger partial charge in [-0.3, -0.25) is 4.79 Å². The molecule has 6 heteroatoms. The second-order valence-corrected chi connectivity index (χ2v) is 4.36. The van der Waals surface area contributed by atoms with Crippen molar-refractivity contribution in [2.75, 3.05) is 13.7 Å². The molecule has 0 aliphatic heterocycles. The van der Waals surface area contributed by atoms with Crippen molar-refractivity contribution in [1.29, 1.82) is 0 Å². The minimum absolute atomic E-state index is 0.170. The minimum Gasteiger partial charge on any atom is -0.496 e. The first-order valence-corrected chi connectivity index (χ1v) is 6.30. The topological polar surface area (TPSA) is 64.6 Å². The fourth-order valence-electron chi connectivity index (χ4n) is 1.43. The summed E-state index contributed by atoms with van der Waals surface area (Å²) >= 11 is 5.83. The van der Waals surface area contributed by atoms with Crippen LogP contribution in [0.1, 0.15) is 17.3 Å². The van der Waals surface area contributed by atoms with Crippen molar-refractivity contribution in [3.05, 3.63) is 41.4 Å². The molecule has 0 bridgehead atoms. The second kappa shape index (κ2) is 7.55. The van der Waals surface area contributed by atoms with Crippen LogP contribution >= 0.6 is 11.6 Å². The van der Waals surface area contributed by atoms with Gasteiger partial charge in [0, 0.05) is 11.6 Å². The number of halogens is 1. The molecule has 1 amide bonds. The van der Waals surface area contributed by atoms with Gasteiger partial charge in [0.25, 0.3) is 5.91 Å². The van der Waals surface area contributed by atoms with Crippen LogP contribution in [-0.2, 0) is 9.53 Å². The van der Waals surface area contributed by atoms with Gasteiger partial charge in [-0.15, -0.1) is 6.58 Å². The average Bonchev–Trinajstić information content (AvgIpc) is 2.44. The summed E-state index contributed by atoms with van der Waals surface area (Å²) in [5.74, 6) is -0.747. The van der Waals surface area contributed by atoms with Crippen LogP contribution in [0.15, 0.2) is 30.9 Å². The number of amides is 1. The Morgan fingerprint density at radius 2 is 2.20 bits per heavy atom. The predicted octanol–water partition coefficient (Wildman–Crippen LogP) is 2.20. The van der Waals surface area contributed by atoms with E-state index >= 15 is 0 Å². The van der Waals surface area contributed by atoms with Gasteiger partial charge in [-0.2, -0.15) is 0 Å². The van der Waals surface area contributed by atoms with Crippen LogP contribution in [0.4, 0.5) is 0 Å². The Labute approximate surface area is 122 Å². The highest BCUT2D eigenvalue weighted by molar-refractivity contribution is 6.31. The molecule has 0 fully saturated rings. The van der Waals surface area contributed by atoms with Crippen molar-refractivity contribution < 1.29 is 19.1 Å². The molecule has 1 aromatic rings. The lowest BCUT2D eigenvalue weighted by Crippen LogP contribution is -2.35. The fourth-order valence-corrected chi connectivity index (χ4v) is 1.61. The summed E-state index contributed by atoms with van der Waals surface area (Å²) in [5.41, 5.74) is 0.170. The van der Waals surface area contributed by atoms with E-state index in [4.69, 9.17) is 21.1 Å². The summed E-state index contributed by atoms with van der Waals surface area (Å²) < 4.78 is 10.1. The highest BCUT2D eigenvalue weighted by Crippen LogP contribution is 2.23. The highest BCUT2D eigenvalue weighted by atomic mass is 35.5. The Morgan fingerprint density at radius 3 is 2.80 bits per heavy atom. The Hall–Kier alpha value is -2.01. The Bertz CT molecular complexity index is 516. The summed E-state index contributed by atoms with van der Waals surface area (Å²) in [7, 11) is 1.43.